The molecule has 0 saturated heterocycles. The topological polar surface area (TPSA) is 29.3 Å². The van der Waals surface area contributed by atoms with E-state index in [2.05, 4.69) is 64.4 Å². The molecule has 0 fully saturated rings. The van der Waals surface area contributed by atoms with Gasteiger partial charge in [0, 0.05) is 24.5 Å². The van der Waals surface area contributed by atoms with E-state index in [1.54, 1.807) is 0 Å². The SMILES string of the molecule is C=C(C=C(C)c1cc(N)c(C)cc1C)N(C)C(C)C. The third-order valence-corrected chi connectivity index (χ3v) is 3.65. The van der Waals surface area contributed by atoms with Crippen molar-refractivity contribution in [3.05, 3.63) is 47.2 Å². The van der Waals surface area contributed by atoms with Crippen molar-refractivity contribution in [2.45, 2.75) is 40.7 Å². The number of allylic oxidation sites excluding steroid dienone is 2. The van der Waals surface area contributed by atoms with E-state index in [1.807, 2.05) is 6.92 Å². The first-order valence-electron chi connectivity index (χ1n) is 6.71. The van der Waals surface area contributed by atoms with Gasteiger partial charge in [0.1, 0.15) is 0 Å². The number of hydrogen-bond acceptors (Lipinski definition) is 2. The molecule has 1 aromatic carbocycles. The minimum absolute atomic E-state index is 0.445. The largest absolute Gasteiger partial charge is 0.398 e. The Hall–Kier alpha value is -1.70. The van der Waals surface area contributed by atoms with E-state index >= 15 is 0 Å². The minimum Gasteiger partial charge on any atom is -0.398 e. The first-order chi connectivity index (χ1) is 8.73. The molecule has 0 aromatic heterocycles. The van der Waals surface area contributed by atoms with Gasteiger partial charge in [0.05, 0.1) is 0 Å². The van der Waals surface area contributed by atoms with E-state index in [0.29, 0.717) is 6.04 Å². The molecule has 0 aliphatic heterocycles. The molecular formula is C17H26N2. The summed E-state index contributed by atoms with van der Waals surface area (Å²) in [5, 5.41) is 0. The summed E-state index contributed by atoms with van der Waals surface area (Å²) in [6.07, 6.45) is 2.12. The van der Waals surface area contributed by atoms with Crippen molar-refractivity contribution in [1.29, 1.82) is 0 Å². The third-order valence-electron chi connectivity index (χ3n) is 3.65. The molecule has 2 nitrogen and oxygen atoms in total. The standard InChI is InChI=1S/C17H26N2/c1-11(2)19(7)15(6)9-13(4)16-10-17(18)14(5)8-12(16)3/h8-11H,6,18H2,1-5,7H3. The van der Waals surface area contributed by atoms with Gasteiger partial charge in [0.2, 0.25) is 0 Å². The maximum absolute atomic E-state index is 6.01. The summed E-state index contributed by atoms with van der Waals surface area (Å²) in [4.78, 5) is 2.16. The molecule has 0 atom stereocenters. The van der Waals surface area contributed by atoms with Gasteiger partial charge in [-0.15, -0.1) is 0 Å². The number of likely N-dealkylation sites (N-methyl/N-ethyl adjacent to an activating group) is 1. The molecule has 1 rings (SSSR count). The van der Waals surface area contributed by atoms with E-state index < -0.39 is 0 Å². The molecular weight excluding hydrogens is 232 g/mol. The van der Waals surface area contributed by atoms with Crippen LogP contribution in [0.5, 0.6) is 0 Å². The average molecular weight is 258 g/mol. The van der Waals surface area contributed by atoms with Gasteiger partial charge in [-0.05, 0) is 69.0 Å². The van der Waals surface area contributed by atoms with Crippen LogP contribution in [0.25, 0.3) is 5.57 Å². The number of benzene rings is 1. The Morgan fingerprint density at radius 2 is 1.84 bits per heavy atom. The molecule has 0 saturated carbocycles. The summed E-state index contributed by atoms with van der Waals surface area (Å²) >= 11 is 0. The summed E-state index contributed by atoms with van der Waals surface area (Å²) in [5.41, 5.74) is 12.6. The zero-order valence-corrected chi connectivity index (χ0v) is 13.0. The fourth-order valence-corrected chi connectivity index (χ4v) is 2.05. The Morgan fingerprint density at radius 3 is 2.37 bits per heavy atom. The highest BCUT2D eigenvalue weighted by Crippen LogP contribution is 2.25. The molecule has 0 aliphatic rings. The maximum Gasteiger partial charge on any atom is 0.0350 e. The molecule has 2 heteroatoms. The number of nitrogen functional groups attached to an aromatic ring is 1. The summed E-state index contributed by atoms with van der Waals surface area (Å²) in [6, 6.07) is 4.64. The van der Waals surface area contributed by atoms with Crippen molar-refractivity contribution in [1.82, 2.24) is 4.90 Å². The highest BCUT2D eigenvalue weighted by Gasteiger charge is 2.07. The number of anilines is 1. The highest BCUT2D eigenvalue weighted by atomic mass is 15.1. The molecule has 1 aromatic rings. The van der Waals surface area contributed by atoms with Crippen LogP contribution < -0.4 is 5.73 Å². The second-order valence-corrected chi connectivity index (χ2v) is 5.55. The van der Waals surface area contributed by atoms with Gasteiger partial charge in [-0.3, -0.25) is 0 Å². The third kappa shape index (κ3) is 3.63. The Morgan fingerprint density at radius 1 is 1.26 bits per heavy atom. The van der Waals surface area contributed by atoms with Crippen LogP contribution in [0.1, 0.15) is 37.5 Å². The van der Waals surface area contributed by atoms with Crippen LogP contribution in [-0.4, -0.2) is 18.0 Å². The normalized spacial score (nSPS) is 11.8. The van der Waals surface area contributed by atoms with Crippen LogP contribution >= 0.6 is 0 Å². The quantitative estimate of drug-likeness (QED) is 0.649. The zero-order valence-electron chi connectivity index (χ0n) is 13.0. The van der Waals surface area contributed by atoms with Crippen LogP contribution in [0.2, 0.25) is 0 Å². The minimum atomic E-state index is 0.445. The lowest BCUT2D eigenvalue weighted by molar-refractivity contribution is 0.356. The van der Waals surface area contributed by atoms with Crippen LogP contribution in [-0.2, 0) is 0 Å². The maximum atomic E-state index is 6.01. The molecule has 0 aliphatic carbocycles. The molecule has 19 heavy (non-hydrogen) atoms. The Bertz CT molecular complexity index is 510. The van der Waals surface area contributed by atoms with Crippen molar-refractivity contribution < 1.29 is 0 Å². The lowest BCUT2D eigenvalue weighted by Gasteiger charge is -2.24. The second kappa shape index (κ2) is 5.96. The predicted molar refractivity (Wildman–Crippen MR) is 86.0 cm³/mol. The van der Waals surface area contributed by atoms with Crippen LogP contribution in [0.15, 0.2) is 30.5 Å². The van der Waals surface area contributed by atoms with Crippen molar-refractivity contribution in [3.63, 3.8) is 0 Å². The molecule has 104 valence electrons. The fourth-order valence-electron chi connectivity index (χ4n) is 2.05. The van der Waals surface area contributed by atoms with Gasteiger partial charge >= 0.3 is 0 Å². The lowest BCUT2D eigenvalue weighted by atomic mass is 9.97. The van der Waals surface area contributed by atoms with Gasteiger partial charge in [0.25, 0.3) is 0 Å². The number of rotatable bonds is 4. The number of nitrogens with two attached hydrogens (primary N) is 1. The summed E-state index contributed by atoms with van der Waals surface area (Å²) in [6.45, 7) is 14.7. The van der Waals surface area contributed by atoms with Crippen LogP contribution in [0.4, 0.5) is 5.69 Å². The summed E-state index contributed by atoms with van der Waals surface area (Å²) < 4.78 is 0. The second-order valence-electron chi connectivity index (χ2n) is 5.55. The van der Waals surface area contributed by atoms with Gasteiger partial charge in [0.15, 0.2) is 0 Å². The monoisotopic (exact) mass is 258 g/mol. The van der Waals surface area contributed by atoms with E-state index in [9.17, 15) is 0 Å². The number of hydrogen-bond donors (Lipinski definition) is 1. The first-order valence-corrected chi connectivity index (χ1v) is 6.71. The van der Waals surface area contributed by atoms with Gasteiger partial charge in [-0.2, -0.15) is 0 Å². The Balaban J connectivity index is 3.10. The number of aryl methyl sites for hydroxylation is 2. The molecule has 0 radical (unpaired) electrons. The first kappa shape index (κ1) is 15.4. The average Bonchev–Trinajstić information content (AvgIpc) is 2.32. The molecule has 2 N–H and O–H groups in total. The lowest BCUT2D eigenvalue weighted by Crippen LogP contribution is -2.24. The van der Waals surface area contributed by atoms with Crippen LogP contribution in [0.3, 0.4) is 0 Å². The molecule has 0 spiro atoms. The molecule has 0 bridgehead atoms. The molecule has 0 heterocycles. The van der Waals surface area contributed by atoms with E-state index in [0.717, 1.165) is 16.9 Å². The van der Waals surface area contributed by atoms with Crippen molar-refractivity contribution >= 4 is 11.3 Å². The Kier molecular flexibility index (Phi) is 4.82. The summed E-state index contributed by atoms with van der Waals surface area (Å²) in [5.74, 6) is 0. The van der Waals surface area contributed by atoms with Crippen LogP contribution in [0, 0.1) is 13.8 Å². The van der Waals surface area contributed by atoms with Gasteiger partial charge in [-0.1, -0.05) is 12.6 Å². The van der Waals surface area contributed by atoms with Gasteiger partial charge in [-0.25, -0.2) is 0 Å². The fraction of sp³-hybridized carbons (Fsp3) is 0.412. The van der Waals surface area contributed by atoms with Crippen molar-refractivity contribution in [2.24, 2.45) is 0 Å². The van der Waals surface area contributed by atoms with E-state index in [1.165, 1.54) is 16.7 Å². The number of nitrogens with zero attached hydrogens (tertiary/aromatic N) is 1. The van der Waals surface area contributed by atoms with Crippen molar-refractivity contribution in [3.8, 4) is 0 Å². The molecule has 0 amide bonds. The zero-order chi connectivity index (χ0) is 14.7. The highest BCUT2D eigenvalue weighted by molar-refractivity contribution is 5.72. The van der Waals surface area contributed by atoms with Gasteiger partial charge < -0.3 is 10.6 Å². The van der Waals surface area contributed by atoms with E-state index in [4.69, 9.17) is 5.73 Å². The van der Waals surface area contributed by atoms with E-state index in [-0.39, 0.29) is 0 Å². The smallest absolute Gasteiger partial charge is 0.0350 e. The van der Waals surface area contributed by atoms with Crippen molar-refractivity contribution in [2.75, 3.05) is 12.8 Å². The predicted octanol–water partition coefficient (Wildman–Crippen LogP) is 4.14. The molecule has 0 unspecified atom stereocenters. The Labute approximate surface area is 117 Å². The summed E-state index contributed by atoms with van der Waals surface area (Å²) in [7, 11) is 2.06.